The van der Waals surface area contributed by atoms with Crippen molar-refractivity contribution in [3.05, 3.63) is 57.0 Å². The molecule has 2 aromatic heterocycles. The predicted octanol–water partition coefficient (Wildman–Crippen LogP) is 2.81. The number of Topliss-reactive ketones (excluding diaryl/α,β-unsaturated/α-hetero) is 1. The maximum atomic E-state index is 14.7. The Kier molecular flexibility index (Phi) is 3.82. The van der Waals surface area contributed by atoms with Crippen molar-refractivity contribution in [2.75, 3.05) is 0 Å². The molecule has 3 aromatic rings. The van der Waals surface area contributed by atoms with Crippen LogP contribution in [0.5, 0.6) is 0 Å². The average Bonchev–Trinajstić information content (AvgIpc) is 2.89. The topological polar surface area (TPSA) is 88.0 Å². The molecule has 0 fully saturated rings. The number of fused-ring (bicyclic) bond motifs is 2. The molecule has 0 atom stereocenters. The quantitative estimate of drug-likeness (QED) is 0.727. The minimum Gasteiger partial charge on any atom is -0.390 e. The van der Waals surface area contributed by atoms with Crippen LogP contribution in [0.25, 0.3) is 16.5 Å². The van der Waals surface area contributed by atoms with E-state index < -0.39 is 11.4 Å². The summed E-state index contributed by atoms with van der Waals surface area (Å²) in [6, 6.07) is 4.46. The number of aromatic nitrogens is 3. The van der Waals surface area contributed by atoms with E-state index in [1.165, 1.54) is 6.07 Å². The highest BCUT2D eigenvalue weighted by Crippen LogP contribution is 2.37. The summed E-state index contributed by atoms with van der Waals surface area (Å²) in [4.78, 5) is 27.1. The van der Waals surface area contributed by atoms with Gasteiger partial charge in [0.2, 0.25) is 0 Å². The van der Waals surface area contributed by atoms with Crippen molar-refractivity contribution in [1.29, 1.82) is 0 Å². The number of aliphatic hydroxyl groups excluding tert-OH is 1. The van der Waals surface area contributed by atoms with Crippen LogP contribution in [0.15, 0.2) is 23.0 Å². The summed E-state index contributed by atoms with van der Waals surface area (Å²) in [6.45, 7) is 5.47. The highest BCUT2D eigenvalue weighted by atomic mass is 19.1. The van der Waals surface area contributed by atoms with E-state index in [0.717, 1.165) is 5.69 Å². The molecule has 7 heteroatoms. The van der Waals surface area contributed by atoms with Gasteiger partial charge in [0, 0.05) is 18.2 Å². The number of aromatic amines is 1. The Morgan fingerprint density at radius 2 is 2.00 bits per heavy atom. The molecule has 1 aliphatic rings. The van der Waals surface area contributed by atoms with E-state index in [4.69, 9.17) is 0 Å². The molecule has 2 heterocycles. The van der Waals surface area contributed by atoms with Crippen LogP contribution in [0.3, 0.4) is 0 Å². The Morgan fingerprint density at radius 1 is 1.26 bits per heavy atom. The molecule has 4 rings (SSSR count). The summed E-state index contributed by atoms with van der Waals surface area (Å²) in [7, 11) is 0. The number of hydrogen-bond donors (Lipinski definition) is 2. The number of H-pyrrole nitrogens is 1. The van der Waals surface area contributed by atoms with Crippen molar-refractivity contribution in [3.63, 3.8) is 0 Å². The highest BCUT2D eigenvalue weighted by Gasteiger charge is 2.35. The molecule has 0 bridgehead atoms. The Morgan fingerprint density at radius 3 is 2.70 bits per heavy atom. The number of hydrogen-bond acceptors (Lipinski definition) is 4. The first-order valence-electron chi connectivity index (χ1n) is 8.78. The van der Waals surface area contributed by atoms with Gasteiger partial charge in [-0.2, -0.15) is 5.10 Å². The monoisotopic (exact) mass is 369 g/mol. The first-order chi connectivity index (χ1) is 12.7. The number of nitrogens with zero attached hydrogens (tertiary/aromatic N) is 2. The second-order valence-electron chi connectivity index (χ2n) is 7.93. The van der Waals surface area contributed by atoms with Gasteiger partial charge in [0.05, 0.1) is 34.6 Å². The lowest BCUT2D eigenvalue weighted by atomic mass is 9.75. The molecule has 0 saturated carbocycles. The van der Waals surface area contributed by atoms with Gasteiger partial charge in [-0.25, -0.2) is 9.07 Å². The molecule has 2 N–H and O–H groups in total. The van der Waals surface area contributed by atoms with Crippen molar-refractivity contribution in [2.24, 2.45) is 5.41 Å². The van der Waals surface area contributed by atoms with E-state index in [0.29, 0.717) is 40.9 Å². The zero-order valence-corrected chi connectivity index (χ0v) is 15.4. The van der Waals surface area contributed by atoms with Crippen LogP contribution < -0.4 is 5.56 Å². The summed E-state index contributed by atoms with van der Waals surface area (Å²) in [5, 5.41) is 14.1. The number of ketones is 1. The molecule has 0 saturated heterocycles. The van der Waals surface area contributed by atoms with Gasteiger partial charge in [0.1, 0.15) is 5.82 Å². The standard InChI is InChI=1S/C20H20FN3O3/c1-10-17-15(7-20(2,3)8-16(17)26)24(23-10)13-5-11-4-12(9-25)22-19(27)18(11)14(21)6-13/h4-6,25H,7-9H2,1-3H3,(H,22,27). The molecule has 1 aromatic carbocycles. The van der Waals surface area contributed by atoms with Gasteiger partial charge in [-0.15, -0.1) is 0 Å². The van der Waals surface area contributed by atoms with Crippen molar-refractivity contribution < 1.29 is 14.3 Å². The van der Waals surface area contributed by atoms with E-state index in [9.17, 15) is 19.1 Å². The molecule has 6 nitrogen and oxygen atoms in total. The molecule has 27 heavy (non-hydrogen) atoms. The largest absolute Gasteiger partial charge is 0.390 e. The molecule has 0 spiro atoms. The van der Waals surface area contributed by atoms with Crippen LogP contribution >= 0.6 is 0 Å². The summed E-state index contributed by atoms with van der Waals surface area (Å²) >= 11 is 0. The second-order valence-corrected chi connectivity index (χ2v) is 7.93. The Hall–Kier alpha value is -2.80. The number of aryl methyl sites for hydroxylation is 1. The molecule has 0 radical (unpaired) electrons. The van der Waals surface area contributed by atoms with Crippen LogP contribution in [-0.2, 0) is 13.0 Å². The molecule has 140 valence electrons. The fourth-order valence-corrected chi connectivity index (χ4v) is 3.96. The van der Waals surface area contributed by atoms with Gasteiger partial charge in [-0.05, 0) is 36.3 Å². The predicted molar refractivity (Wildman–Crippen MR) is 98.7 cm³/mol. The van der Waals surface area contributed by atoms with Crippen LogP contribution in [-0.4, -0.2) is 25.7 Å². The molecule has 0 aliphatic heterocycles. The van der Waals surface area contributed by atoms with Gasteiger partial charge in [0.25, 0.3) is 5.56 Å². The normalized spacial score (nSPS) is 16.0. The first kappa shape index (κ1) is 17.6. The lowest BCUT2D eigenvalue weighted by Crippen LogP contribution is -2.28. The smallest absolute Gasteiger partial charge is 0.259 e. The fourth-order valence-electron chi connectivity index (χ4n) is 3.96. The zero-order valence-electron chi connectivity index (χ0n) is 15.4. The van der Waals surface area contributed by atoms with Gasteiger partial charge < -0.3 is 10.1 Å². The Bertz CT molecular complexity index is 1160. The molecule has 1 aliphatic carbocycles. The Balaban J connectivity index is 1.98. The SMILES string of the molecule is Cc1nn(-c2cc(F)c3c(=O)[nH]c(CO)cc3c2)c2c1C(=O)CC(C)(C)C2. The summed E-state index contributed by atoms with van der Waals surface area (Å²) in [6.07, 6.45) is 1.10. The molecule has 0 amide bonds. The van der Waals surface area contributed by atoms with Gasteiger partial charge in [0.15, 0.2) is 5.78 Å². The number of carbonyl (C=O) groups excluding carboxylic acids is 1. The van der Waals surface area contributed by atoms with Crippen molar-refractivity contribution in [1.82, 2.24) is 14.8 Å². The van der Waals surface area contributed by atoms with E-state index in [1.54, 1.807) is 23.7 Å². The van der Waals surface area contributed by atoms with E-state index >= 15 is 0 Å². The highest BCUT2D eigenvalue weighted by molar-refractivity contribution is 6.00. The second kappa shape index (κ2) is 5.85. The summed E-state index contributed by atoms with van der Waals surface area (Å²) < 4.78 is 16.3. The van der Waals surface area contributed by atoms with E-state index in [1.807, 2.05) is 13.8 Å². The van der Waals surface area contributed by atoms with Crippen LogP contribution in [0, 0.1) is 18.2 Å². The minimum atomic E-state index is -0.670. The van der Waals surface area contributed by atoms with Gasteiger partial charge in [-0.3, -0.25) is 9.59 Å². The average molecular weight is 369 g/mol. The third-order valence-electron chi connectivity index (χ3n) is 5.07. The van der Waals surface area contributed by atoms with Crippen molar-refractivity contribution in [3.8, 4) is 5.69 Å². The number of carbonyl (C=O) groups is 1. The third-order valence-corrected chi connectivity index (χ3v) is 5.07. The minimum absolute atomic E-state index is 0.0465. The van der Waals surface area contributed by atoms with Crippen LogP contribution in [0.1, 0.15) is 47.7 Å². The van der Waals surface area contributed by atoms with Gasteiger partial charge >= 0.3 is 0 Å². The summed E-state index contributed by atoms with van der Waals surface area (Å²) in [5.41, 5.74) is 1.95. The number of aliphatic hydroxyl groups is 1. The fraction of sp³-hybridized carbons (Fsp3) is 0.350. The van der Waals surface area contributed by atoms with E-state index in [2.05, 4.69) is 10.1 Å². The lowest BCUT2D eigenvalue weighted by Gasteiger charge is -2.29. The first-order valence-corrected chi connectivity index (χ1v) is 8.78. The number of pyridine rings is 1. The summed E-state index contributed by atoms with van der Waals surface area (Å²) in [5.74, 6) is -0.623. The number of halogens is 1. The van der Waals surface area contributed by atoms with Crippen LogP contribution in [0.2, 0.25) is 0 Å². The number of nitrogens with one attached hydrogen (secondary N) is 1. The molecular weight excluding hydrogens is 349 g/mol. The Labute approximate surface area is 154 Å². The number of benzene rings is 1. The number of rotatable bonds is 2. The zero-order chi connectivity index (χ0) is 19.5. The van der Waals surface area contributed by atoms with Crippen LogP contribution in [0.4, 0.5) is 4.39 Å². The maximum Gasteiger partial charge on any atom is 0.259 e. The molecular formula is C20H20FN3O3. The van der Waals surface area contributed by atoms with Crippen molar-refractivity contribution in [2.45, 2.75) is 40.2 Å². The van der Waals surface area contributed by atoms with E-state index in [-0.39, 0.29) is 23.2 Å². The van der Waals surface area contributed by atoms with Gasteiger partial charge in [-0.1, -0.05) is 13.8 Å². The maximum absolute atomic E-state index is 14.7. The third kappa shape index (κ3) is 2.78. The molecule has 0 unspecified atom stereocenters. The van der Waals surface area contributed by atoms with Crippen molar-refractivity contribution >= 4 is 16.6 Å². The lowest BCUT2D eigenvalue weighted by molar-refractivity contribution is 0.0910.